The first kappa shape index (κ1) is 14.4. The van der Waals surface area contributed by atoms with Crippen LogP contribution in [0.1, 0.15) is 37.3 Å². The molecule has 0 aliphatic carbocycles. The zero-order valence-corrected chi connectivity index (χ0v) is 13.6. The van der Waals surface area contributed by atoms with Gasteiger partial charge in [-0.2, -0.15) is 0 Å². The SMILES string of the molecule is CC(CC1CCCN1)NCc1cc(Br)cc2c1OCC2. The number of hydrogen-bond donors (Lipinski definition) is 2. The van der Waals surface area contributed by atoms with Crippen LogP contribution in [0, 0.1) is 0 Å². The minimum atomic E-state index is 0.529. The number of fused-ring (bicyclic) bond motifs is 1. The van der Waals surface area contributed by atoms with Gasteiger partial charge in [0.05, 0.1) is 6.61 Å². The molecule has 110 valence electrons. The average molecular weight is 339 g/mol. The fourth-order valence-electron chi connectivity index (χ4n) is 3.23. The van der Waals surface area contributed by atoms with Gasteiger partial charge in [0.15, 0.2) is 0 Å². The van der Waals surface area contributed by atoms with Crippen molar-refractivity contribution in [3.05, 3.63) is 27.7 Å². The second-order valence-corrected chi connectivity index (χ2v) is 6.88. The largest absolute Gasteiger partial charge is 0.493 e. The van der Waals surface area contributed by atoms with Gasteiger partial charge in [0.2, 0.25) is 0 Å². The minimum Gasteiger partial charge on any atom is -0.493 e. The summed E-state index contributed by atoms with van der Waals surface area (Å²) < 4.78 is 6.93. The summed E-state index contributed by atoms with van der Waals surface area (Å²) in [6.45, 7) is 5.17. The molecule has 0 bridgehead atoms. The summed E-state index contributed by atoms with van der Waals surface area (Å²) in [4.78, 5) is 0. The van der Waals surface area contributed by atoms with Gasteiger partial charge in [-0.1, -0.05) is 15.9 Å². The highest BCUT2D eigenvalue weighted by Gasteiger charge is 2.19. The van der Waals surface area contributed by atoms with Crippen LogP contribution in [-0.2, 0) is 13.0 Å². The Kier molecular flexibility index (Phi) is 4.64. The lowest BCUT2D eigenvalue weighted by Gasteiger charge is -2.19. The van der Waals surface area contributed by atoms with Gasteiger partial charge in [-0.05, 0) is 50.4 Å². The number of halogens is 1. The summed E-state index contributed by atoms with van der Waals surface area (Å²) >= 11 is 3.60. The maximum absolute atomic E-state index is 5.78. The van der Waals surface area contributed by atoms with Gasteiger partial charge in [-0.25, -0.2) is 0 Å². The lowest BCUT2D eigenvalue weighted by molar-refractivity contribution is 0.350. The number of ether oxygens (including phenoxy) is 1. The Morgan fingerprint density at radius 3 is 3.20 bits per heavy atom. The van der Waals surface area contributed by atoms with Crippen molar-refractivity contribution in [3.8, 4) is 5.75 Å². The zero-order valence-electron chi connectivity index (χ0n) is 12.0. The molecule has 3 nitrogen and oxygen atoms in total. The highest BCUT2D eigenvalue weighted by molar-refractivity contribution is 9.10. The fraction of sp³-hybridized carbons (Fsp3) is 0.625. The Labute approximate surface area is 129 Å². The molecule has 0 saturated carbocycles. The van der Waals surface area contributed by atoms with Gasteiger partial charge in [-0.3, -0.25) is 0 Å². The van der Waals surface area contributed by atoms with Gasteiger partial charge in [0.25, 0.3) is 0 Å². The molecule has 2 aliphatic rings. The second kappa shape index (κ2) is 6.46. The van der Waals surface area contributed by atoms with Crippen molar-refractivity contribution >= 4 is 15.9 Å². The van der Waals surface area contributed by atoms with Crippen LogP contribution in [0.25, 0.3) is 0 Å². The molecule has 3 rings (SSSR count). The first-order valence-electron chi connectivity index (χ1n) is 7.63. The van der Waals surface area contributed by atoms with Gasteiger partial charge in [0.1, 0.15) is 5.75 Å². The maximum Gasteiger partial charge on any atom is 0.127 e. The molecule has 0 spiro atoms. The predicted octanol–water partition coefficient (Wildman–Crippen LogP) is 3.00. The van der Waals surface area contributed by atoms with E-state index in [2.05, 4.69) is 45.6 Å². The van der Waals surface area contributed by atoms with Crippen molar-refractivity contribution in [1.82, 2.24) is 10.6 Å². The zero-order chi connectivity index (χ0) is 13.9. The standard InChI is InChI=1S/C16H23BrN2O/c1-11(7-15-3-2-5-18-15)19-10-13-9-14(17)8-12-4-6-20-16(12)13/h8-9,11,15,18-19H,2-7,10H2,1H3. The van der Waals surface area contributed by atoms with Crippen LogP contribution in [-0.4, -0.2) is 25.2 Å². The maximum atomic E-state index is 5.78. The summed E-state index contributed by atoms with van der Waals surface area (Å²) in [5, 5.41) is 7.21. The number of rotatable bonds is 5. The van der Waals surface area contributed by atoms with Crippen LogP contribution in [0.2, 0.25) is 0 Å². The van der Waals surface area contributed by atoms with Crippen molar-refractivity contribution in [1.29, 1.82) is 0 Å². The predicted molar refractivity (Wildman–Crippen MR) is 85.3 cm³/mol. The summed E-state index contributed by atoms with van der Waals surface area (Å²) in [5.41, 5.74) is 2.61. The summed E-state index contributed by atoms with van der Waals surface area (Å²) in [6.07, 6.45) is 4.88. The lowest BCUT2D eigenvalue weighted by atomic mass is 10.1. The van der Waals surface area contributed by atoms with Crippen LogP contribution in [0.3, 0.4) is 0 Å². The average Bonchev–Trinajstić information content (AvgIpc) is 3.06. The third-order valence-electron chi connectivity index (χ3n) is 4.27. The molecule has 20 heavy (non-hydrogen) atoms. The third kappa shape index (κ3) is 3.35. The monoisotopic (exact) mass is 338 g/mol. The van der Waals surface area contributed by atoms with Gasteiger partial charge >= 0.3 is 0 Å². The lowest BCUT2D eigenvalue weighted by Crippen LogP contribution is -2.33. The summed E-state index contributed by atoms with van der Waals surface area (Å²) in [6, 6.07) is 5.58. The van der Waals surface area contributed by atoms with E-state index >= 15 is 0 Å². The molecule has 1 saturated heterocycles. The molecule has 2 heterocycles. The van der Waals surface area contributed by atoms with E-state index < -0.39 is 0 Å². The van der Waals surface area contributed by atoms with E-state index in [-0.39, 0.29) is 0 Å². The van der Waals surface area contributed by atoms with E-state index in [0.717, 1.165) is 29.8 Å². The summed E-state index contributed by atoms with van der Waals surface area (Å²) in [7, 11) is 0. The summed E-state index contributed by atoms with van der Waals surface area (Å²) in [5.74, 6) is 1.10. The van der Waals surface area contributed by atoms with Gasteiger partial charge in [-0.15, -0.1) is 0 Å². The van der Waals surface area contributed by atoms with Crippen molar-refractivity contribution in [2.45, 2.75) is 51.2 Å². The molecular formula is C16H23BrN2O. The number of benzene rings is 1. The Morgan fingerprint density at radius 2 is 2.40 bits per heavy atom. The first-order chi connectivity index (χ1) is 9.72. The normalized spacial score (nSPS) is 22.6. The van der Waals surface area contributed by atoms with Crippen molar-refractivity contribution < 1.29 is 4.74 Å². The highest BCUT2D eigenvalue weighted by atomic mass is 79.9. The Balaban J connectivity index is 1.58. The van der Waals surface area contributed by atoms with Crippen molar-refractivity contribution in [2.75, 3.05) is 13.2 Å². The molecular weight excluding hydrogens is 316 g/mol. The van der Waals surface area contributed by atoms with E-state index in [9.17, 15) is 0 Å². The molecule has 2 N–H and O–H groups in total. The van der Waals surface area contributed by atoms with Crippen molar-refractivity contribution in [3.63, 3.8) is 0 Å². The minimum absolute atomic E-state index is 0.529. The molecule has 2 atom stereocenters. The van der Waals surface area contributed by atoms with E-state index in [1.165, 1.54) is 36.9 Å². The molecule has 1 fully saturated rings. The molecule has 2 unspecified atom stereocenters. The Hall–Kier alpha value is -0.580. The number of hydrogen-bond acceptors (Lipinski definition) is 3. The van der Waals surface area contributed by atoms with Gasteiger partial charge < -0.3 is 15.4 Å². The molecule has 0 radical (unpaired) electrons. The van der Waals surface area contributed by atoms with Crippen LogP contribution in [0.4, 0.5) is 0 Å². The number of nitrogens with one attached hydrogen (secondary N) is 2. The molecule has 1 aromatic carbocycles. The molecule has 0 aromatic heterocycles. The molecule has 2 aliphatic heterocycles. The van der Waals surface area contributed by atoms with Crippen LogP contribution < -0.4 is 15.4 Å². The molecule has 1 aromatic rings. The van der Waals surface area contributed by atoms with E-state index in [1.807, 2.05) is 0 Å². The Morgan fingerprint density at radius 1 is 1.50 bits per heavy atom. The fourth-order valence-corrected chi connectivity index (χ4v) is 3.78. The third-order valence-corrected chi connectivity index (χ3v) is 4.72. The van der Waals surface area contributed by atoms with E-state index in [1.54, 1.807) is 0 Å². The van der Waals surface area contributed by atoms with Crippen molar-refractivity contribution in [2.24, 2.45) is 0 Å². The highest BCUT2D eigenvalue weighted by Crippen LogP contribution is 2.33. The van der Waals surface area contributed by atoms with Crippen LogP contribution in [0.5, 0.6) is 5.75 Å². The molecule has 0 amide bonds. The van der Waals surface area contributed by atoms with E-state index in [0.29, 0.717) is 12.1 Å². The topological polar surface area (TPSA) is 33.3 Å². The first-order valence-corrected chi connectivity index (χ1v) is 8.42. The Bertz CT molecular complexity index is 472. The molecule has 4 heteroatoms. The van der Waals surface area contributed by atoms with E-state index in [4.69, 9.17) is 4.74 Å². The smallest absolute Gasteiger partial charge is 0.127 e. The second-order valence-electron chi connectivity index (χ2n) is 5.96. The van der Waals surface area contributed by atoms with Crippen LogP contribution in [0.15, 0.2) is 16.6 Å². The quantitative estimate of drug-likeness (QED) is 0.865. The van der Waals surface area contributed by atoms with Crippen LogP contribution >= 0.6 is 15.9 Å². The van der Waals surface area contributed by atoms with Gasteiger partial charge in [0, 0.05) is 35.1 Å².